The van der Waals surface area contributed by atoms with Crippen molar-refractivity contribution in [2.45, 2.75) is 82.6 Å². The lowest BCUT2D eigenvalue weighted by molar-refractivity contribution is -0.387. The number of nitrogens with zero attached hydrogens (tertiary/aromatic N) is 3. The van der Waals surface area contributed by atoms with E-state index in [4.69, 9.17) is 14.2 Å². The van der Waals surface area contributed by atoms with Crippen molar-refractivity contribution in [2.24, 2.45) is 0 Å². The van der Waals surface area contributed by atoms with Crippen molar-refractivity contribution >= 4 is 32.7 Å². The maximum atomic E-state index is 14.5. The Balaban J connectivity index is 1.45. The van der Waals surface area contributed by atoms with Gasteiger partial charge in [-0.15, -0.1) is 0 Å². The summed E-state index contributed by atoms with van der Waals surface area (Å²) in [4.78, 5) is 24.9. The molecule has 1 aliphatic carbocycles. The summed E-state index contributed by atoms with van der Waals surface area (Å²) in [5.41, 5.74) is 2.44. The fourth-order valence-electron chi connectivity index (χ4n) is 6.96. The van der Waals surface area contributed by atoms with E-state index in [1.807, 2.05) is 72.8 Å². The van der Waals surface area contributed by atoms with Crippen LogP contribution >= 0.6 is 0 Å². The minimum atomic E-state index is -4.40. The van der Waals surface area contributed by atoms with Crippen LogP contribution in [0.2, 0.25) is 0 Å². The normalized spacial score (nSPS) is 14.7. The van der Waals surface area contributed by atoms with Gasteiger partial charge in [-0.2, -0.15) is 4.31 Å². The van der Waals surface area contributed by atoms with Gasteiger partial charge in [0.25, 0.3) is 5.69 Å². The van der Waals surface area contributed by atoms with E-state index in [1.54, 1.807) is 33.0 Å². The number of carbonyl (C=O) groups is 1. The molecule has 1 unspecified atom stereocenters. The number of aromatic nitrogens is 1. The number of aliphatic hydroxyl groups is 1. The fourth-order valence-corrected chi connectivity index (χ4v) is 8.77. The zero-order valence-electron chi connectivity index (χ0n) is 31.8. The second-order valence-electron chi connectivity index (χ2n) is 14.7. The number of carbonyl (C=O) groups excluding carboxylic acids is 1. The number of benzene rings is 4. The third-order valence-electron chi connectivity index (χ3n) is 9.54. The first-order valence-electron chi connectivity index (χ1n) is 18.6. The Labute approximate surface area is 327 Å². The van der Waals surface area contributed by atoms with Crippen LogP contribution in [0.5, 0.6) is 11.5 Å². The Morgan fingerprint density at radius 2 is 1.55 bits per heavy atom. The largest absolute Gasteiger partial charge is 0.485 e. The van der Waals surface area contributed by atoms with Gasteiger partial charge in [-0.05, 0) is 87.8 Å². The molecule has 0 aliphatic heterocycles. The van der Waals surface area contributed by atoms with E-state index >= 15 is 0 Å². The SMILES string of the molecule is CC(C)(C)OC(=O)n1cc(CCN(C2CCC=C(CCO)C2)S(=O)(=O)c2ccccc2[N+](=O)[O-])c2ccc(OCc3ccccc3)c(OCc3ccccc3)c21. The second-order valence-corrected chi connectivity index (χ2v) is 16.6. The number of nitro groups is 1. The number of allylic oxidation sites excluding steroid dienone is 1. The van der Waals surface area contributed by atoms with E-state index in [9.17, 15) is 28.4 Å². The average molecular weight is 782 g/mol. The number of sulfonamides is 1. The Hall–Kier alpha value is -5.50. The van der Waals surface area contributed by atoms with Gasteiger partial charge in [0.15, 0.2) is 16.4 Å². The molecule has 294 valence electrons. The summed E-state index contributed by atoms with van der Waals surface area (Å²) in [5.74, 6) is 0.715. The van der Waals surface area contributed by atoms with Crippen LogP contribution in [0.15, 0.2) is 120 Å². The molecule has 56 heavy (non-hydrogen) atoms. The third kappa shape index (κ3) is 9.47. The molecule has 12 nitrogen and oxygen atoms in total. The molecule has 0 saturated heterocycles. The van der Waals surface area contributed by atoms with Gasteiger partial charge in [0.05, 0.1) is 4.92 Å². The summed E-state index contributed by atoms with van der Waals surface area (Å²) in [6.45, 7) is 5.59. The fraction of sp³-hybridized carbons (Fsp3) is 0.326. The van der Waals surface area contributed by atoms with Crippen LogP contribution in [0, 0.1) is 10.1 Å². The lowest BCUT2D eigenvalue weighted by Gasteiger charge is -2.33. The Morgan fingerprint density at radius 3 is 2.20 bits per heavy atom. The predicted octanol–water partition coefficient (Wildman–Crippen LogP) is 8.59. The van der Waals surface area contributed by atoms with Crippen molar-refractivity contribution in [1.29, 1.82) is 0 Å². The van der Waals surface area contributed by atoms with Gasteiger partial charge < -0.3 is 19.3 Å². The van der Waals surface area contributed by atoms with E-state index in [1.165, 1.54) is 33.1 Å². The smallest absolute Gasteiger partial charge is 0.419 e. The number of fused-ring (bicyclic) bond motifs is 1. The maximum Gasteiger partial charge on any atom is 0.419 e. The molecule has 4 aromatic carbocycles. The van der Waals surface area contributed by atoms with Crippen LogP contribution in [0.1, 0.15) is 63.1 Å². The monoisotopic (exact) mass is 781 g/mol. The highest BCUT2D eigenvalue weighted by Crippen LogP contribution is 2.41. The Kier molecular flexibility index (Phi) is 12.6. The molecular formula is C43H47N3O9S. The summed E-state index contributed by atoms with van der Waals surface area (Å²) in [6.07, 6.45) is 5.01. The van der Waals surface area contributed by atoms with Crippen molar-refractivity contribution in [3.63, 3.8) is 0 Å². The molecule has 0 spiro atoms. The number of aliphatic hydroxyl groups excluding tert-OH is 1. The van der Waals surface area contributed by atoms with Gasteiger partial charge in [0.1, 0.15) is 24.3 Å². The molecular weight excluding hydrogens is 735 g/mol. The van der Waals surface area contributed by atoms with E-state index in [2.05, 4.69) is 0 Å². The van der Waals surface area contributed by atoms with Crippen molar-refractivity contribution in [3.8, 4) is 11.5 Å². The van der Waals surface area contributed by atoms with Gasteiger partial charge in [-0.1, -0.05) is 84.4 Å². The van der Waals surface area contributed by atoms with Gasteiger partial charge in [-0.3, -0.25) is 10.1 Å². The molecule has 1 aliphatic rings. The second kappa shape index (κ2) is 17.5. The van der Waals surface area contributed by atoms with Crippen LogP contribution in [0.25, 0.3) is 10.9 Å². The first kappa shape index (κ1) is 40.2. The summed E-state index contributed by atoms with van der Waals surface area (Å²) >= 11 is 0. The van der Waals surface area contributed by atoms with Gasteiger partial charge >= 0.3 is 6.09 Å². The van der Waals surface area contributed by atoms with E-state index in [0.717, 1.165) is 16.7 Å². The van der Waals surface area contributed by atoms with Gasteiger partial charge in [0, 0.05) is 36.8 Å². The standard InChI is InChI=1S/C43H47N3O9S/c1-43(2,3)55-42(48)44-28-34(23-25-45(35-18-12-17-31(27-35)24-26-47)56(51,52)39-20-11-10-19-37(39)46(49)50)36-21-22-38(53-29-32-13-6-4-7-14-32)41(40(36)44)54-30-33-15-8-5-9-16-33/h4-11,13-17,19-22,28,35,47H,12,18,23-27,29-30H2,1-3H3. The molecule has 1 N–H and O–H groups in total. The first-order chi connectivity index (χ1) is 26.9. The number of para-hydroxylation sites is 1. The minimum Gasteiger partial charge on any atom is -0.485 e. The van der Waals surface area contributed by atoms with Crippen molar-refractivity contribution in [1.82, 2.24) is 8.87 Å². The summed E-state index contributed by atoms with van der Waals surface area (Å²) in [6, 6.07) is 27.7. The van der Waals surface area contributed by atoms with Crippen LogP contribution in [-0.2, 0) is 34.4 Å². The van der Waals surface area contributed by atoms with Crippen molar-refractivity contribution in [2.75, 3.05) is 13.2 Å². The third-order valence-corrected chi connectivity index (χ3v) is 11.5. The molecule has 0 amide bonds. The Morgan fingerprint density at radius 1 is 0.911 bits per heavy atom. The number of rotatable bonds is 15. The van der Waals surface area contributed by atoms with E-state index in [0.29, 0.717) is 53.6 Å². The molecule has 5 aromatic rings. The molecule has 0 radical (unpaired) electrons. The van der Waals surface area contributed by atoms with Crippen molar-refractivity contribution < 1.29 is 37.5 Å². The zero-order chi connectivity index (χ0) is 39.9. The van der Waals surface area contributed by atoms with Crippen LogP contribution in [0.4, 0.5) is 10.5 Å². The molecule has 1 atom stereocenters. The molecule has 0 bridgehead atoms. The van der Waals surface area contributed by atoms with Crippen LogP contribution in [-0.4, -0.2) is 58.2 Å². The highest BCUT2D eigenvalue weighted by atomic mass is 32.2. The number of hydrogen-bond acceptors (Lipinski definition) is 9. The van der Waals surface area contributed by atoms with Gasteiger partial charge in [0.2, 0.25) is 10.0 Å². The van der Waals surface area contributed by atoms with E-state index in [-0.39, 0.29) is 32.8 Å². The maximum absolute atomic E-state index is 14.5. The first-order valence-corrected chi connectivity index (χ1v) is 20.1. The highest BCUT2D eigenvalue weighted by molar-refractivity contribution is 7.89. The summed E-state index contributed by atoms with van der Waals surface area (Å²) in [5, 5.41) is 22.3. The quantitative estimate of drug-likeness (QED) is 0.0626. The van der Waals surface area contributed by atoms with E-state index < -0.39 is 43.3 Å². The minimum absolute atomic E-state index is 0.0502. The highest BCUT2D eigenvalue weighted by Gasteiger charge is 2.37. The van der Waals surface area contributed by atoms with Crippen LogP contribution < -0.4 is 9.47 Å². The number of nitro benzene ring substituents is 1. The molecule has 1 heterocycles. The summed E-state index contributed by atoms with van der Waals surface area (Å²) in [7, 11) is -4.40. The number of ether oxygens (including phenoxy) is 3. The molecule has 0 saturated carbocycles. The summed E-state index contributed by atoms with van der Waals surface area (Å²) < 4.78 is 50.5. The lowest BCUT2D eigenvalue weighted by Crippen LogP contribution is -2.42. The Bertz CT molecular complexity index is 2300. The van der Waals surface area contributed by atoms with Crippen molar-refractivity contribution in [3.05, 3.63) is 142 Å². The molecule has 0 fully saturated rings. The molecule has 6 rings (SSSR count). The topological polar surface area (TPSA) is 150 Å². The molecule has 1 aromatic heterocycles. The zero-order valence-corrected chi connectivity index (χ0v) is 32.6. The number of hydrogen-bond donors (Lipinski definition) is 1. The lowest BCUT2D eigenvalue weighted by atomic mass is 9.93. The van der Waals surface area contributed by atoms with Gasteiger partial charge in [-0.25, -0.2) is 17.8 Å². The van der Waals surface area contributed by atoms with Crippen LogP contribution in [0.3, 0.4) is 0 Å². The average Bonchev–Trinajstić information content (AvgIpc) is 3.56. The molecule has 13 heteroatoms. The predicted molar refractivity (Wildman–Crippen MR) is 213 cm³/mol.